The number of rotatable bonds is 6. The lowest BCUT2D eigenvalue weighted by Crippen LogP contribution is -2.42. The number of nitrogens with zero attached hydrogens (tertiary/aromatic N) is 1. The van der Waals surface area contributed by atoms with Crippen LogP contribution in [0.3, 0.4) is 0 Å². The van der Waals surface area contributed by atoms with E-state index in [0.29, 0.717) is 23.1 Å². The van der Waals surface area contributed by atoms with Gasteiger partial charge in [0, 0.05) is 6.54 Å². The summed E-state index contributed by atoms with van der Waals surface area (Å²) in [5.74, 6) is 1.22. The average molecular weight is 423 g/mol. The van der Waals surface area contributed by atoms with Crippen molar-refractivity contribution in [1.29, 1.82) is 0 Å². The summed E-state index contributed by atoms with van der Waals surface area (Å²) in [7, 11) is -3.67. The van der Waals surface area contributed by atoms with Crippen molar-refractivity contribution in [2.24, 2.45) is 5.92 Å². The number of ether oxygens (including phenoxy) is 1. The van der Waals surface area contributed by atoms with Crippen LogP contribution >= 0.6 is 0 Å². The molecule has 0 aliphatic carbocycles. The van der Waals surface area contributed by atoms with Gasteiger partial charge in [-0.05, 0) is 41.3 Å². The molecule has 5 nitrogen and oxygen atoms in total. The first-order valence-electron chi connectivity index (χ1n) is 10.1. The Morgan fingerprint density at radius 2 is 1.60 bits per heavy atom. The summed E-state index contributed by atoms with van der Waals surface area (Å²) in [5.41, 5.74) is 2.41. The molecule has 0 saturated heterocycles. The second kappa shape index (κ2) is 8.50. The number of para-hydroxylation sites is 1. The molecular formula is C24H26N2O3S. The van der Waals surface area contributed by atoms with E-state index in [1.54, 1.807) is 18.2 Å². The molecule has 4 rings (SSSR count). The van der Waals surface area contributed by atoms with Gasteiger partial charge in [-0.1, -0.05) is 68.4 Å². The Morgan fingerprint density at radius 1 is 0.933 bits per heavy atom. The van der Waals surface area contributed by atoms with Crippen molar-refractivity contribution in [3.05, 3.63) is 90.0 Å². The number of sulfonamides is 1. The van der Waals surface area contributed by atoms with Crippen LogP contribution in [0.25, 0.3) is 0 Å². The fraction of sp³-hybridized carbons (Fsp3) is 0.250. The molecule has 1 aliphatic rings. The van der Waals surface area contributed by atoms with E-state index in [0.717, 1.165) is 16.9 Å². The Labute approximate surface area is 178 Å². The first kappa shape index (κ1) is 20.4. The predicted molar refractivity (Wildman–Crippen MR) is 119 cm³/mol. The molecule has 0 aromatic heterocycles. The molecule has 0 radical (unpaired) electrons. The first-order chi connectivity index (χ1) is 14.4. The summed E-state index contributed by atoms with van der Waals surface area (Å²) in [4.78, 5) is 0.300. The van der Waals surface area contributed by atoms with Crippen molar-refractivity contribution < 1.29 is 13.2 Å². The Balaban J connectivity index is 1.70. The minimum absolute atomic E-state index is 0.279. The Morgan fingerprint density at radius 3 is 2.30 bits per heavy atom. The lowest BCUT2D eigenvalue weighted by Gasteiger charge is -2.37. The van der Waals surface area contributed by atoms with Crippen molar-refractivity contribution in [2.75, 3.05) is 11.9 Å². The van der Waals surface area contributed by atoms with Gasteiger partial charge in [0.25, 0.3) is 0 Å². The van der Waals surface area contributed by atoms with Crippen molar-refractivity contribution in [1.82, 2.24) is 4.31 Å². The van der Waals surface area contributed by atoms with Gasteiger partial charge in [-0.2, -0.15) is 4.31 Å². The monoisotopic (exact) mass is 422 g/mol. The minimum atomic E-state index is -3.67. The summed E-state index contributed by atoms with van der Waals surface area (Å²) in [6.07, 6.45) is -0.510. The fourth-order valence-electron chi connectivity index (χ4n) is 3.49. The maximum Gasteiger partial charge on any atom is 0.247 e. The number of hydrogen-bond acceptors (Lipinski definition) is 4. The third-order valence-corrected chi connectivity index (χ3v) is 6.88. The zero-order valence-corrected chi connectivity index (χ0v) is 18.0. The summed E-state index contributed by atoms with van der Waals surface area (Å²) in [6, 6.07) is 24.3. The number of anilines is 1. The van der Waals surface area contributed by atoms with Crippen molar-refractivity contribution in [3.63, 3.8) is 0 Å². The van der Waals surface area contributed by atoms with Gasteiger partial charge < -0.3 is 10.1 Å². The summed E-state index contributed by atoms with van der Waals surface area (Å²) < 4.78 is 34.3. The molecular weight excluding hydrogens is 396 g/mol. The molecule has 1 N–H and O–H groups in total. The lowest BCUT2D eigenvalue weighted by atomic mass is 10.1. The Bertz CT molecular complexity index is 1100. The molecule has 0 amide bonds. The van der Waals surface area contributed by atoms with Crippen LogP contribution in [0.1, 0.15) is 31.1 Å². The van der Waals surface area contributed by atoms with Gasteiger partial charge in [-0.15, -0.1) is 0 Å². The zero-order valence-electron chi connectivity index (χ0n) is 17.2. The van der Waals surface area contributed by atoms with Crippen molar-refractivity contribution in [3.8, 4) is 5.75 Å². The second-order valence-corrected chi connectivity index (χ2v) is 9.71. The van der Waals surface area contributed by atoms with Crippen LogP contribution in [0.2, 0.25) is 0 Å². The van der Waals surface area contributed by atoms with E-state index >= 15 is 0 Å². The summed E-state index contributed by atoms with van der Waals surface area (Å²) in [6.45, 7) is 5.12. The predicted octanol–water partition coefficient (Wildman–Crippen LogP) is 5.04. The number of hydrogen-bond donors (Lipinski definition) is 1. The highest BCUT2D eigenvalue weighted by atomic mass is 32.2. The third-order valence-electron chi connectivity index (χ3n) is 5.01. The highest BCUT2D eigenvalue weighted by molar-refractivity contribution is 7.89. The fourth-order valence-corrected chi connectivity index (χ4v) is 5.17. The maximum absolute atomic E-state index is 13.5. The van der Waals surface area contributed by atoms with Gasteiger partial charge in [0.1, 0.15) is 16.8 Å². The lowest BCUT2D eigenvalue weighted by molar-refractivity contribution is 0.270. The summed E-state index contributed by atoms with van der Waals surface area (Å²) >= 11 is 0. The molecule has 1 unspecified atom stereocenters. The summed E-state index contributed by atoms with van der Waals surface area (Å²) in [5, 5.41) is 3.41. The van der Waals surface area contributed by atoms with Gasteiger partial charge in [-0.25, -0.2) is 8.42 Å². The van der Waals surface area contributed by atoms with E-state index in [4.69, 9.17) is 4.74 Å². The van der Waals surface area contributed by atoms with Gasteiger partial charge in [0.15, 0.2) is 0 Å². The SMILES string of the molecule is CC(C)COc1ccc(C2Nc3ccccc3S(=O)(=O)N2Cc2ccccc2)cc1. The Hall–Kier alpha value is -2.83. The molecule has 1 atom stereocenters. The van der Waals surface area contributed by atoms with Gasteiger partial charge in [0.05, 0.1) is 12.3 Å². The average Bonchev–Trinajstić information content (AvgIpc) is 2.75. The van der Waals surface area contributed by atoms with E-state index < -0.39 is 16.2 Å². The van der Waals surface area contributed by atoms with Crippen molar-refractivity contribution in [2.45, 2.75) is 31.5 Å². The van der Waals surface area contributed by atoms with Gasteiger partial charge in [-0.3, -0.25) is 0 Å². The third kappa shape index (κ3) is 4.20. The molecule has 1 aliphatic heterocycles. The van der Waals surface area contributed by atoms with Crippen LogP contribution in [0, 0.1) is 5.92 Å². The maximum atomic E-state index is 13.5. The van der Waals surface area contributed by atoms with Crippen LogP contribution in [-0.2, 0) is 16.6 Å². The van der Waals surface area contributed by atoms with Gasteiger partial charge in [0.2, 0.25) is 10.0 Å². The van der Waals surface area contributed by atoms with E-state index in [9.17, 15) is 8.42 Å². The molecule has 0 fully saturated rings. The van der Waals surface area contributed by atoms with E-state index in [1.807, 2.05) is 60.7 Å². The van der Waals surface area contributed by atoms with E-state index in [1.165, 1.54) is 4.31 Å². The van der Waals surface area contributed by atoms with Gasteiger partial charge >= 0.3 is 0 Å². The normalized spacial score (nSPS) is 17.9. The highest BCUT2D eigenvalue weighted by Crippen LogP contribution is 2.39. The number of benzene rings is 3. The highest BCUT2D eigenvalue weighted by Gasteiger charge is 2.38. The molecule has 3 aromatic carbocycles. The van der Waals surface area contributed by atoms with Crippen LogP contribution in [0.5, 0.6) is 5.75 Å². The molecule has 156 valence electrons. The zero-order chi connectivity index (χ0) is 21.1. The topological polar surface area (TPSA) is 58.6 Å². The van der Waals surface area contributed by atoms with Crippen molar-refractivity contribution >= 4 is 15.7 Å². The minimum Gasteiger partial charge on any atom is -0.493 e. The van der Waals surface area contributed by atoms with E-state index in [2.05, 4.69) is 19.2 Å². The van der Waals surface area contributed by atoms with Crippen LogP contribution in [0.15, 0.2) is 83.8 Å². The van der Waals surface area contributed by atoms with Crippen LogP contribution in [-0.4, -0.2) is 19.3 Å². The molecule has 3 aromatic rings. The molecule has 6 heteroatoms. The molecule has 0 spiro atoms. The molecule has 30 heavy (non-hydrogen) atoms. The second-order valence-electron chi connectivity index (χ2n) is 7.85. The molecule has 0 bridgehead atoms. The van der Waals surface area contributed by atoms with E-state index in [-0.39, 0.29) is 6.54 Å². The first-order valence-corrected chi connectivity index (χ1v) is 11.5. The Kier molecular flexibility index (Phi) is 5.79. The smallest absolute Gasteiger partial charge is 0.247 e. The number of fused-ring (bicyclic) bond motifs is 1. The van der Waals surface area contributed by atoms with Crippen LogP contribution in [0.4, 0.5) is 5.69 Å². The molecule has 0 saturated carbocycles. The standard InChI is InChI=1S/C24H26N2O3S/c1-18(2)17-29-21-14-12-20(13-15-21)24-25-22-10-6-7-11-23(22)30(27,28)26(24)16-19-8-4-3-5-9-19/h3-15,18,24-25H,16-17H2,1-2H3. The number of nitrogens with one attached hydrogen (secondary N) is 1. The van der Waals surface area contributed by atoms with Crippen LogP contribution < -0.4 is 10.1 Å². The quantitative estimate of drug-likeness (QED) is 0.605. The molecule has 1 heterocycles. The largest absolute Gasteiger partial charge is 0.493 e.